The van der Waals surface area contributed by atoms with Crippen molar-refractivity contribution >= 4 is 21.6 Å². The smallest absolute Gasteiger partial charge is 0.394 e. The number of ether oxygens (including phenoxy) is 2. The molecule has 39 heavy (non-hydrogen) atoms. The van der Waals surface area contributed by atoms with E-state index in [1.54, 1.807) is 0 Å². The van der Waals surface area contributed by atoms with E-state index in [4.69, 9.17) is 9.47 Å². The molecule has 0 saturated carbocycles. The van der Waals surface area contributed by atoms with Gasteiger partial charge in [0.2, 0.25) is 5.91 Å². The Kier molecular flexibility index (Phi) is 10.0. The quantitative estimate of drug-likeness (QED) is 0.113. The number of aliphatic hydroxyl groups excluding tert-OH is 5. The summed E-state index contributed by atoms with van der Waals surface area (Å²) in [5, 5.41) is 51.9. The van der Waals surface area contributed by atoms with E-state index in [2.05, 4.69) is 18.7 Å². The van der Waals surface area contributed by atoms with Gasteiger partial charge in [0.15, 0.2) is 12.5 Å². The Balaban J connectivity index is 1.66. The molecule has 0 aromatic carbocycles. The molecule has 20 nitrogen and oxygen atoms in total. The van der Waals surface area contributed by atoms with Crippen molar-refractivity contribution in [1.29, 1.82) is 0 Å². The Labute approximate surface area is 217 Å². The van der Waals surface area contributed by atoms with Crippen LogP contribution in [0.5, 0.6) is 0 Å². The Bertz CT molecular complexity index is 1240. The topological polar surface area (TPSA) is 306 Å². The average Bonchev–Trinajstić information content (AvgIpc) is 3.10. The average molecular weight is 607 g/mol. The van der Waals surface area contributed by atoms with Crippen LogP contribution in [0, 0.1) is 0 Å². The van der Waals surface area contributed by atoms with Gasteiger partial charge >= 0.3 is 21.3 Å². The van der Waals surface area contributed by atoms with Gasteiger partial charge in [-0.2, -0.15) is 4.31 Å². The first-order chi connectivity index (χ1) is 18.0. The number of aliphatic hydroxyl groups is 5. The molecule has 2 fully saturated rings. The second kappa shape index (κ2) is 12.3. The normalized spacial score (nSPS) is 36.2. The molecule has 0 aliphatic carbocycles. The van der Waals surface area contributed by atoms with Gasteiger partial charge in [-0.15, -0.1) is 0 Å². The number of aromatic nitrogens is 2. The number of aromatic amines is 1. The number of carbonyl (C=O) groups is 1. The molecule has 22 heteroatoms. The maximum atomic E-state index is 12.4. The Morgan fingerprint density at radius 1 is 1.05 bits per heavy atom. The van der Waals surface area contributed by atoms with E-state index in [9.17, 15) is 58.8 Å². The molecule has 3 heterocycles. The summed E-state index contributed by atoms with van der Waals surface area (Å²) < 4.78 is 49.2. The van der Waals surface area contributed by atoms with Crippen molar-refractivity contribution in [1.82, 2.24) is 14.9 Å². The molecule has 9 N–H and O–H groups in total. The first-order valence-electron chi connectivity index (χ1n) is 11.0. The van der Waals surface area contributed by atoms with Crippen molar-refractivity contribution in [3.8, 4) is 0 Å². The maximum absolute atomic E-state index is 12.4. The van der Waals surface area contributed by atoms with E-state index >= 15 is 0 Å². The number of amides is 1. The second-order valence-corrected chi connectivity index (χ2v) is 11.4. The van der Waals surface area contributed by atoms with Crippen LogP contribution in [-0.4, -0.2) is 113 Å². The minimum absolute atomic E-state index is 0.723. The van der Waals surface area contributed by atoms with Crippen molar-refractivity contribution < 1.29 is 72.1 Å². The van der Waals surface area contributed by atoms with Crippen LogP contribution in [0.25, 0.3) is 0 Å². The van der Waals surface area contributed by atoms with Crippen LogP contribution in [-0.2, 0) is 36.8 Å². The summed E-state index contributed by atoms with van der Waals surface area (Å²) in [6, 6.07) is -0.766. The molecule has 1 aromatic heterocycles. The van der Waals surface area contributed by atoms with Crippen molar-refractivity contribution in [2.45, 2.75) is 62.1 Å². The third-order valence-corrected chi connectivity index (χ3v) is 8.16. The van der Waals surface area contributed by atoms with Crippen LogP contribution in [0.15, 0.2) is 21.9 Å². The van der Waals surface area contributed by atoms with E-state index in [0.29, 0.717) is 0 Å². The summed E-state index contributed by atoms with van der Waals surface area (Å²) in [5.41, 5.74) is -1.75. The molecule has 222 valence electrons. The summed E-state index contributed by atoms with van der Waals surface area (Å²) in [6.45, 7) is -0.940. The summed E-state index contributed by atoms with van der Waals surface area (Å²) in [4.78, 5) is 56.4. The monoisotopic (exact) mass is 607 g/mol. The highest BCUT2D eigenvalue weighted by Gasteiger charge is 2.50. The number of phosphoric ester groups is 2. The number of phosphoric acid groups is 2. The van der Waals surface area contributed by atoms with Gasteiger partial charge in [-0.1, -0.05) is 0 Å². The zero-order valence-corrected chi connectivity index (χ0v) is 21.6. The van der Waals surface area contributed by atoms with Crippen molar-refractivity contribution in [3.05, 3.63) is 33.1 Å². The van der Waals surface area contributed by atoms with Crippen molar-refractivity contribution in [3.63, 3.8) is 0 Å². The second-order valence-electron chi connectivity index (χ2n) is 8.42. The van der Waals surface area contributed by atoms with E-state index < -0.39 is 101 Å². The molecule has 0 radical (unpaired) electrons. The SMILES string of the molecule is CC(=O)N[C@H]1[C@@H](OP(=O)(O)OP(=O)(O)OC[C@H]2O[C@@H](n3ccc(=O)[nH]c3=O)C(O)[C@H]2O)O[C@H](CO)[C@@H](O)[C@@H]1O. The predicted molar refractivity (Wildman–Crippen MR) is 120 cm³/mol. The molecule has 0 spiro atoms. The number of nitrogens with zero attached hydrogens (tertiary/aromatic N) is 1. The third-order valence-electron chi connectivity index (χ3n) is 5.56. The van der Waals surface area contributed by atoms with Gasteiger partial charge in [0.25, 0.3) is 5.56 Å². The van der Waals surface area contributed by atoms with Crippen LogP contribution in [0.3, 0.4) is 0 Å². The predicted octanol–water partition coefficient (Wildman–Crippen LogP) is -4.65. The molecular weight excluding hydrogens is 580 g/mol. The lowest BCUT2D eigenvalue weighted by Crippen LogP contribution is -2.64. The van der Waals surface area contributed by atoms with Gasteiger partial charge in [-0.05, 0) is 0 Å². The van der Waals surface area contributed by atoms with Crippen LogP contribution >= 0.6 is 15.6 Å². The van der Waals surface area contributed by atoms with Gasteiger partial charge in [0, 0.05) is 19.2 Å². The number of carbonyl (C=O) groups excluding carboxylic acids is 1. The van der Waals surface area contributed by atoms with E-state index in [1.165, 1.54) is 0 Å². The van der Waals surface area contributed by atoms with Gasteiger partial charge < -0.3 is 50.1 Å². The highest BCUT2D eigenvalue weighted by molar-refractivity contribution is 7.61. The number of hydrogen-bond acceptors (Lipinski definition) is 15. The molecule has 1 aromatic rings. The summed E-state index contributed by atoms with van der Waals surface area (Å²) in [7, 11) is -11.1. The summed E-state index contributed by atoms with van der Waals surface area (Å²) in [6.07, 6.45) is -13.0. The van der Waals surface area contributed by atoms with E-state index in [-0.39, 0.29) is 0 Å². The fourth-order valence-electron chi connectivity index (χ4n) is 3.76. The largest absolute Gasteiger partial charge is 0.483 e. The van der Waals surface area contributed by atoms with Gasteiger partial charge in [-0.25, -0.2) is 13.9 Å². The minimum atomic E-state index is -5.63. The Morgan fingerprint density at radius 2 is 1.69 bits per heavy atom. The van der Waals surface area contributed by atoms with Crippen LogP contribution in [0.1, 0.15) is 13.2 Å². The van der Waals surface area contributed by atoms with Crippen molar-refractivity contribution in [2.24, 2.45) is 0 Å². The van der Waals surface area contributed by atoms with Crippen LogP contribution in [0.4, 0.5) is 0 Å². The maximum Gasteiger partial charge on any atom is 0.483 e. The summed E-state index contributed by atoms with van der Waals surface area (Å²) >= 11 is 0. The fourth-order valence-corrected chi connectivity index (χ4v) is 5.92. The highest BCUT2D eigenvalue weighted by Crippen LogP contribution is 2.61. The number of nitrogens with one attached hydrogen (secondary N) is 2. The van der Waals surface area contributed by atoms with E-state index in [0.717, 1.165) is 23.8 Å². The molecule has 3 rings (SSSR count). The van der Waals surface area contributed by atoms with Gasteiger partial charge in [0.1, 0.15) is 42.7 Å². The molecular formula is C17H27N3O17P2. The Hall–Kier alpha value is -1.87. The molecule has 2 saturated heterocycles. The molecule has 0 bridgehead atoms. The van der Waals surface area contributed by atoms with Crippen LogP contribution < -0.4 is 16.6 Å². The Morgan fingerprint density at radius 3 is 2.28 bits per heavy atom. The minimum Gasteiger partial charge on any atom is -0.394 e. The number of rotatable bonds is 10. The zero-order chi connectivity index (χ0) is 29.3. The lowest BCUT2D eigenvalue weighted by atomic mass is 9.97. The van der Waals surface area contributed by atoms with Gasteiger partial charge in [0.05, 0.1) is 13.2 Å². The first kappa shape index (κ1) is 31.7. The van der Waals surface area contributed by atoms with Crippen LogP contribution in [0.2, 0.25) is 0 Å². The lowest BCUT2D eigenvalue weighted by molar-refractivity contribution is -0.247. The van der Waals surface area contributed by atoms with Gasteiger partial charge in [-0.3, -0.25) is 28.2 Å². The first-order valence-corrected chi connectivity index (χ1v) is 14.0. The molecule has 2 aliphatic rings. The zero-order valence-electron chi connectivity index (χ0n) is 19.8. The third kappa shape index (κ3) is 7.66. The molecule has 2 aliphatic heterocycles. The number of hydrogen-bond donors (Lipinski definition) is 9. The molecule has 3 unspecified atom stereocenters. The molecule has 11 atom stereocenters. The standard InChI is InChI=1S/C17H27N3O17P2/c1-6(22)18-10-13(26)11(24)7(4-21)35-16(10)36-39(31,32)37-38(29,30)33-5-8-12(25)14(27)15(34-8)20-3-2-9(23)19-17(20)28/h2-3,7-8,10-16,21,24-27H,4-5H2,1H3,(H,18,22)(H,29,30)(H,31,32)(H,19,23,28)/t7-,8-,10-,11-,12+,13-,14?,15-,16-/m1/s1. The van der Waals surface area contributed by atoms with Crippen molar-refractivity contribution in [2.75, 3.05) is 13.2 Å². The number of H-pyrrole nitrogens is 1. The summed E-state index contributed by atoms with van der Waals surface area (Å²) in [5.74, 6) is -0.796. The lowest BCUT2D eigenvalue weighted by Gasteiger charge is -2.42. The highest BCUT2D eigenvalue weighted by atomic mass is 31.3. The fraction of sp³-hybridized carbons (Fsp3) is 0.706. The molecule has 1 amide bonds. The van der Waals surface area contributed by atoms with E-state index in [1.807, 2.05) is 4.98 Å².